The lowest BCUT2D eigenvalue weighted by molar-refractivity contribution is -0.115. The second-order valence-corrected chi connectivity index (χ2v) is 7.44. The monoisotopic (exact) mass is 390 g/mol. The average Bonchev–Trinajstić information content (AvgIpc) is 3.14. The molecule has 2 heterocycles. The Kier molecular flexibility index (Phi) is 4.79. The van der Waals surface area contributed by atoms with Gasteiger partial charge in [0.1, 0.15) is 11.5 Å². The molecule has 0 radical (unpaired) electrons. The van der Waals surface area contributed by atoms with Crippen molar-refractivity contribution in [2.24, 2.45) is 0 Å². The summed E-state index contributed by atoms with van der Waals surface area (Å²) in [6, 6.07) is 19.5. The minimum absolute atomic E-state index is 0.334. The molecule has 1 aliphatic heterocycles. The number of hydrogen-bond donors (Lipinski definition) is 1. The first-order valence-corrected chi connectivity index (χ1v) is 9.60. The van der Waals surface area contributed by atoms with Crippen molar-refractivity contribution in [2.75, 3.05) is 0 Å². The quantitative estimate of drug-likeness (QED) is 0.621. The van der Waals surface area contributed by atoms with Gasteiger partial charge in [-0.1, -0.05) is 18.2 Å². The Morgan fingerprint density at radius 2 is 1.64 bits per heavy atom. The van der Waals surface area contributed by atoms with E-state index in [-0.39, 0.29) is 11.1 Å². The summed E-state index contributed by atoms with van der Waals surface area (Å²) in [6.07, 6.45) is 1.76. The summed E-state index contributed by atoms with van der Waals surface area (Å²) in [5.41, 5.74) is 3.94. The highest BCUT2D eigenvalue weighted by Gasteiger charge is 2.25. The molecule has 1 fully saturated rings. The third-order valence-electron chi connectivity index (χ3n) is 4.47. The standard InChI is InChI=1S/C22H18N2O3S/c1-14-12-16(13-20-21(25)23-22(26)28-20)15(2)24(14)17-8-10-19(11-9-17)27-18-6-4-3-5-7-18/h3-13H,1-2H3,(H,23,25,26)/b20-13-. The number of aromatic nitrogens is 1. The molecule has 0 saturated carbocycles. The molecule has 1 saturated heterocycles. The van der Waals surface area contributed by atoms with Gasteiger partial charge in [-0.25, -0.2) is 0 Å². The molecule has 2 amide bonds. The van der Waals surface area contributed by atoms with Gasteiger partial charge in [0.2, 0.25) is 0 Å². The molecular formula is C22H18N2O3S. The van der Waals surface area contributed by atoms with E-state index < -0.39 is 0 Å². The number of nitrogens with one attached hydrogen (secondary N) is 1. The van der Waals surface area contributed by atoms with E-state index in [2.05, 4.69) is 9.88 Å². The van der Waals surface area contributed by atoms with E-state index in [4.69, 9.17) is 4.74 Å². The van der Waals surface area contributed by atoms with Crippen LogP contribution in [-0.4, -0.2) is 15.7 Å². The van der Waals surface area contributed by atoms with Gasteiger partial charge in [0, 0.05) is 17.1 Å². The van der Waals surface area contributed by atoms with Gasteiger partial charge in [-0.2, -0.15) is 0 Å². The number of ether oxygens (including phenoxy) is 1. The molecule has 1 aromatic heterocycles. The maximum absolute atomic E-state index is 11.8. The van der Waals surface area contributed by atoms with Crippen LogP contribution in [0.25, 0.3) is 11.8 Å². The van der Waals surface area contributed by atoms with Gasteiger partial charge in [0.25, 0.3) is 11.1 Å². The number of amides is 2. The number of rotatable bonds is 4. The van der Waals surface area contributed by atoms with Crippen molar-refractivity contribution in [2.45, 2.75) is 13.8 Å². The molecule has 140 valence electrons. The highest BCUT2D eigenvalue weighted by Crippen LogP contribution is 2.30. The summed E-state index contributed by atoms with van der Waals surface area (Å²) >= 11 is 0.927. The molecule has 1 N–H and O–H groups in total. The number of thioether (sulfide) groups is 1. The Bertz CT molecular complexity index is 1080. The van der Waals surface area contributed by atoms with Gasteiger partial charge in [0.05, 0.1) is 4.91 Å². The van der Waals surface area contributed by atoms with Gasteiger partial charge in [-0.15, -0.1) is 0 Å². The molecule has 0 unspecified atom stereocenters. The van der Waals surface area contributed by atoms with Crippen molar-refractivity contribution in [1.82, 2.24) is 9.88 Å². The third-order valence-corrected chi connectivity index (χ3v) is 5.28. The Balaban J connectivity index is 1.61. The van der Waals surface area contributed by atoms with Crippen LogP contribution >= 0.6 is 11.8 Å². The maximum Gasteiger partial charge on any atom is 0.290 e. The van der Waals surface area contributed by atoms with Crippen molar-refractivity contribution < 1.29 is 14.3 Å². The number of aryl methyl sites for hydroxylation is 1. The number of hydrogen-bond acceptors (Lipinski definition) is 4. The van der Waals surface area contributed by atoms with E-state index in [1.807, 2.05) is 74.5 Å². The van der Waals surface area contributed by atoms with Crippen LogP contribution in [0, 0.1) is 13.8 Å². The third kappa shape index (κ3) is 3.59. The van der Waals surface area contributed by atoms with Crippen LogP contribution in [0.1, 0.15) is 17.0 Å². The van der Waals surface area contributed by atoms with Gasteiger partial charge >= 0.3 is 0 Å². The molecule has 0 atom stereocenters. The zero-order chi connectivity index (χ0) is 19.7. The number of benzene rings is 2. The van der Waals surface area contributed by atoms with E-state index in [0.29, 0.717) is 4.91 Å². The second-order valence-electron chi connectivity index (χ2n) is 6.42. The average molecular weight is 390 g/mol. The molecule has 3 aromatic rings. The van der Waals surface area contributed by atoms with Crippen molar-refractivity contribution >= 4 is 29.0 Å². The number of carbonyl (C=O) groups excluding carboxylic acids is 2. The summed E-state index contributed by atoms with van der Waals surface area (Å²) < 4.78 is 7.96. The van der Waals surface area contributed by atoms with E-state index in [0.717, 1.165) is 45.9 Å². The first kappa shape index (κ1) is 18.1. The fourth-order valence-corrected chi connectivity index (χ4v) is 3.85. The predicted octanol–water partition coefficient (Wildman–Crippen LogP) is 5.21. The minimum Gasteiger partial charge on any atom is -0.457 e. The van der Waals surface area contributed by atoms with Crippen molar-refractivity contribution in [1.29, 1.82) is 0 Å². The Morgan fingerprint density at radius 3 is 2.29 bits per heavy atom. The normalized spacial score (nSPS) is 15.1. The van der Waals surface area contributed by atoms with Crippen LogP contribution in [0.3, 0.4) is 0 Å². The molecule has 0 bridgehead atoms. The summed E-state index contributed by atoms with van der Waals surface area (Å²) in [7, 11) is 0. The topological polar surface area (TPSA) is 60.3 Å². The van der Waals surface area contributed by atoms with Gasteiger partial charge in [0.15, 0.2) is 0 Å². The maximum atomic E-state index is 11.8. The molecule has 5 nitrogen and oxygen atoms in total. The highest BCUT2D eigenvalue weighted by molar-refractivity contribution is 8.18. The molecule has 4 rings (SSSR count). The first-order chi connectivity index (χ1) is 13.5. The summed E-state index contributed by atoms with van der Waals surface area (Å²) in [6.45, 7) is 4.00. The zero-order valence-corrected chi connectivity index (χ0v) is 16.2. The van der Waals surface area contributed by atoms with Crippen molar-refractivity contribution in [3.8, 4) is 17.2 Å². The number of nitrogens with zero attached hydrogens (tertiary/aromatic N) is 1. The van der Waals surface area contributed by atoms with Crippen LogP contribution in [0.5, 0.6) is 11.5 Å². The predicted molar refractivity (Wildman–Crippen MR) is 111 cm³/mol. The Morgan fingerprint density at radius 1 is 0.964 bits per heavy atom. The van der Waals surface area contributed by atoms with E-state index in [9.17, 15) is 9.59 Å². The number of imide groups is 1. The molecular weight excluding hydrogens is 372 g/mol. The van der Waals surface area contributed by atoms with Gasteiger partial charge in [-0.3, -0.25) is 14.9 Å². The summed E-state index contributed by atoms with van der Waals surface area (Å²) in [4.78, 5) is 23.6. The summed E-state index contributed by atoms with van der Waals surface area (Å²) in [5, 5.41) is 1.95. The second kappa shape index (κ2) is 7.40. The smallest absolute Gasteiger partial charge is 0.290 e. The Labute approximate surface area is 167 Å². The lowest BCUT2D eigenvalue weighted by Gasteiger charge is -2.11. The lowest BCUT2D eigenvalue weighted by Crippen LogP contribution is -2.17. The van der Waals surface area contributed by atoms with Crippen LogP contribution < -0.4 is 10.1 Å². The van der Waals surface area contributed by atoms with Crippen LogP contribution in [0.4, 0.5) is 4.79 Å². The molecule has 0 spiro atoms. The largest absolute Gasteiger partial charge is 0.457 e. The molecule has 1 aliphatic rings. The highest BCUT2D eigenvalue weighted by atomic mass is 32.2. The van der Waals surface area contributed by atoms with Gasteiger partial charge in [-0.05, 0) is 79.7 Å². The zero-order valence-electron chi connectivity index (χ0n) is 15.4. The fraction of sp³-hybridized carbons (Fsp3) is 0.0909. The van der Waals surface area contributed by atoms with E-state index in [1.165, 1.54) is 0 Å². The fourth-order valence-electron chi connectivity index (χ4n) is 3.18. The Hall–Kier alpha value is -3.25. The van der Waals surface area contributed by atoms with Gasteiger partial charge < -0.3 is 9.30 Å². The van der Waals surface area contributed by atoms with Crippen molar-refractivity contribution in [3.63, 3.8) is 0 Å². The van der Waals surface area contributed by atoms with Crippen LogP contribution in [0.15, 0.2) is 65.6 Å². The molecule has 28 heavy (non-hydrogen) atoms. The van der Waals surface area contributed by atoms with E-state index >= 15 is 0 Å². The van der Waals surface area contributed by atoms with E-state index in [1.54, 1.807) is 6.08 Å². The molecule has 0 aliphatic carbocycles. The number of para-hydroxylation sites is 1. The molecule has 6 heteroatoms. The van der Waals surface area contributed by atoms with Crippen molar-refractivity contribution in [3.05, 3.63) is 82.5 Å². The van der Waals surface area contributed by atoms with Crippen LogP contribution in [-0.2, 0) is 4.79 Å². The minimum atomic E-state index is -0.345. The number of carbonyl (C=O) groups is 2. The SMILES string of the molecule is Cc1cc(/C=C2\SC(=O)NC2=O)c(C)n1-c1ccc(Oc2ccccc2)cc1. The van der Waals surface area contributed by atoms with Crippen LogP contribution in [0.2, 0.25) is 0 Å². The molecule has 2 aromatic carbocycles. The summed E-state index contributed by atoms with van der Waals surface area (Å²) in [5.74, 6) is 1.21. The lowest BCUT2D eigenvalue weighted by atomic mass is 10.2. The first-order valence-electron chi connectivity index (χ1n) is 8.78.